The molecule has 0 bridgehead atoms. The molecule has 61 heavy (non-hydrogen) atoms. The van der Waals surface area contributed by atoms with E-state index in [2.05, 4.69) is 17.0 Å². The summed E-state index contributed by atoms with van der Waals surface area (Å²) in [6.45, 7) is 0. The van der Waals surface area contributed by atoms with Crippen LogP contribution in [0.1, 0.15) is 16.4 Å². The van der Waals surface area contributed by atoms with E-state index >= 15 is 0 Å². The van der Waals surface area contributed by atoms with Crippen molar-refractivity contribution in [2.24, 2.45) is 0 Å². The number of nitrogens with zero attached hydrogens (tertiary/aromatic N) is 2. The first-order valence-electron chi connectivity index (χ1n) is 25.9. The quantitative estimate of drug-likeness (QED) is 0.160. The third-order valence-electron chi connectivity index (χ3n) is 11.3. The molecule has 0 unspecified atom stereocenters. The van der Waals surface area contributed by atoms with Crippen molar-refractivity contribution in [3.8, 4) is 39.1 Å². The monoisotopic (exact) mass is 790 g/mol. The van der Waals surface area contributed by atoms with Gasteiger partial charge in [0.2, 0.25) is 0 Å². The van der Waals surface area contributed by atoms with Crippen molar-refractivity contribution in [3.05, 3.63) is 230 Å². The number of furan rings is 1. The van der Waals surface area contributed by atoms with Crippen molar-refractivity contribution in [1.82, 2.24) is 4.57 Å². The van der Waals surface area contributed by atoms with E-state index in [-0.39, 0.29) is 32.9 Å². The summed E-state index contributed by atoms with van der Waals surface area (Å²) in [7, 11) is 0. The number of anilines is 3. The van der Waals surface area contributed by atoms with Gasteiger partial charge in [-0.3, -0.25) is 0 Å². The molecule has 0 radical (unpaired) electrons. The van der Waals surface area contributed by atoms with Crippen molar-refractivity contribution >= 4 is 71.6 Å². The summed E-state index contributed by atoms with van der Waals surface area (Å²) in [5.74, 6) is 0. The molecule has 10 aromatic carbocycles. The number of hydrogen-bond donors (Lipinski definition) is 0. The third-order valence-corrected chi connectivity index (χ3v) is 11.3. The Bertz CT molecular complexity index is 4260. The van der Waals surface area contributed by atoms with Gasteiger partial charge in [0.15, 0.2) is 0 Å². The maximum absolute atomic E-state index is 10.3. The van der Waals surface area contributed by atoms with E-state index in [9.17, 15) is 6.85 Å². The van der Waals surface area contributed by atoms with Gasteiger partial charge in [-0.2, -0.15) is 0 Å². The molecule has 0 amide bonds. The highest BCUT2D eigenvalue weighted by Crippen LogP contribution is 2.48. The lowest BCUT2D eigenvalue weighted by Crippen LogP contribution is -2.11. The van der Waals surface area contributed by atoms with Gasteiger partial charge in [-0.1, -0.05) is 164 Å². The van der Waals surface area contributed by atoms with E-state index in [4.69, 9.17) is 14.0 Å². The van der Waals surface area contributed by atoms with Crippen molar-refractivity contribution in [2.45, 2.75) is 0 Å². The van der Waals surface area contributed by atoms with Gasteiger partial charge < -0.3 is 13.9 Å². The summed E-state index contributed by atoms with van der Waals surface area (Å²) in [4.78, 5) is 2.11. The number of hydrogen-bond acceptors (Lipinski definition) is 2. The molecule has 12 rings (SSSR count). The molecule has 0 saturated heterocycles. The smallest absolute Gasteiger partial charge is 0.143 e. The number of rotatable bonds is 7. The van der Waals surface area contributed by atoms with E-state index in [0.29, 0.717) is 22.2 Å². The van der Waals surface area contributed by atoms with Crippen LogP contribution in [-0.4, -0.2) is 4.57 Å². The second-order valence-corrected chi connectivity index (χ2v) is 14.8. The van der Waals surface area contributed by atoms with Crippen LogP contribution in [0.5, 0.6) is 0 Å². The molecular formula is C58H38N2O. The summed E-state index contributed by atoms with van der Waals surface area (Å²) in [6.07, 6.45) is 0. The zero-order valence-electron chi connectivity index (χ0n) is 44.3. The van der Waals surface area contributed by atoms with Crippen LogP contribution in [0.4, 0.5) is 17.1 Å². The first kappa shape index (κ1) is 24.7. The number of benzene rings is 10. The Morgan fingerprint density at radius 3 is 1.97 bits per heavy atom. The Hall–Kier alpha value is -8.14. The van der Waals surface area contributed by atoms with Crippen LogP contribution in [0.2, 0.25) is 0 Å². The second-order valence-electron chi connectivity index (χ2n) is 14.8. The molecule has 0 atom stereocenters. The second kappa shape index (κ2) is 14.3. The first-order chi connectivity index (χ1) is 35.3. The Kier molecular flexibility index (Phi) is 5.79. The fourth-order valence-corrected chi connectivity index (χ4v) is 8.57. The Balaban J connectivity index is 1.24. The SMILES string of the molecule is [2H]c1c([2H])c([2H])c(-n2c3c([2H])c([2H])c([2H])c([2H])c3c3c([2H])c(-c4cc(N(c5ccc(-c6ccccc6)cc5)c5ccccc5-c5ccccc5)cc5c4oc4ccc6ccccc6c45)c([2H])c([2H])c32)c([2H])c1[2H]. The van der Waals surface area contributed by atoms with Crippen molar-refractivity contribution in [2.75, 3.05) is 4.90 Å². The standard InChI is InChI=1S/C58H38N2O/c1-4-16-39(17-5-1)40-28-32-45(33-29-40)59(53-26-14-12-23-47(53)41-18-6-2-7-19-41)46-37-50(58-52(38-46)57-48-24-11-10-20-42(48)31-35-56(57)61-58)43-30-34-55-51(36-43)49-25-13-15-27-54(49)60(55)44-21-8-3-9-22-44/h1-38H/i3D,8D,9D,13D,15D,21D,22D,25D,27D,30D,34D,36D. The van der Waals surface area contributed by atoms with Gasteiger partial charge in [-0.25, -0.2) is 0 Å². The van der Waals surface area contributed by atoms with Crippen LogP contribution in [0.25, 0.3) is 93.6 Å². The van der Waals surface area contributed by atoms with Gasteiger partial charge in [0, 0.05) is 49.7 Å². The third kappa shape index (κ3) is 5.82. The lowest BCUT2D eigenvalue weighted by Gasteiger charge is -2.28. The molecule has 12 aromatic rings. The van der Waals surface area contributed by atoms with Crippen LogP contribution < -0.4 is 4.90 Å². The van der Waals surface area contributed by atoms with Gasteiger partial charge in [0.1, 0.15) is 11.2 Å². The molecule has 2 aromatic heterocycles. The fourth-order valence-electron chi connectivity index (χ4n) is 8.57. The average molecular weight is 791 g/mol. The summed E-state index contributed by atoms with van der Waals surface area (Å²) in [6, 6.07) is 44.4. The van der Waals surface area contributed by atoms with Gasteiger partial charge in [-0.05, 0) is 99.6 Å². The molecule has 0 spiro atoms. The maximum atomic E-state index is 10.3. The van der Waals surface area contributed by atoms with Crippen LogP contribution >= 0.6 is 0 Å². The summed E-state index contributed by atoms with van der Waals surface area (Å²) in [5, 5.41) is 2.84. The molecule has 0 fully saturated rings. The zero-order chi connectivity index (χ0) is 50.7. The molecule has 3 nitrogen and oxygen atoms in total. The molecule has 0 saturated carbocycles. The number of para-hydroxylation sites is 3. The lowest BCUT2D eigenvalue weighted by atomic mass is 9.96. The highest BCUT2D eigenvalue weighted by atomic mass is 16.3. The Morgan fingerprint density at radius 1 is 0.443 bits per heavy atom. The lowest BCUT2D eigenvalue weighted by molar-refractivity contribution is 0.670. The van der Waals surface area contributed by atoms with Crippen LogP contribution in [0, 0.1) is 0 Å². The van der Waals surface area contributed by atoms with E-state index in [1.807, 2.05) is 146 Å². The van der Waals surface area contributed by atoms with Crippen molar-refractivity contribution < 1.29 is 20.9 Å². The summed E-state index contributed by atoms with van der Waals surface area (Å²) < 4.78 is 118. The molecule has 2 heterocycles. The number of aromatic nitrogens is 1. The highest BCUT2D eigenvalue weighted by molar-refractivity contribution is 6.22. The molecule has 0 aliphatic carbocycles. The molecule has 3 heteroatoms. The molecule has 0 aliphatic heterocycles. The summed E-state index contributed by atoms with van der Waals surface area (Å²) in [5.41, 5.74) is 5.95. The predicted molar refractivity (Wildman–Crippen MR) is 257 cm³/mol. The molecule has 286 valence electrons. The van der Waals surface area contributed by atoms with Gasteiger partial charge in [0.25, 0.3) is 0 Å². The topological polar surface area (TPSA) is 21.3 Å². The van der Waals surface area contributed by atoms with Crippen molar-refractivity contribution in [1.29, 1.82) is 0 Å². The van der Waals surface area contributed by atoms with E-state index in [0.717, 1.165) is 54.4 Å². The maximum Gasteiger partial charge on any atom is 0.143 e. The van der Waals surface area contributed by atoms with Gasteiger partial charge in [-0.15, -0.1) is 0 Å². The minimum Gasteiger partial charge on any atom is -0.455 e. The number of fused-ring (bicyclic) bond motifs is 8. The zero-order valence-corrected chi connectivity index (χ0v) is 32.3. The van der Waals surface area contributed by atoms with Gasteiger partial charge in [0.05, 0.1) is 33.2 Å². The van der Waals surface area contributed by atoms with Crippen LogP contribution in [-0.2, 0) is 0 Å². The Morgan fingerprint density at radius 2 is 1.13 bits per heavy atom. The first-order valence-corrected chi connectivity index (χ1v) is 19.9. The van der Waals surface area contributed by atoms with Crippen LogP contribution in [0.15, 0.2) is 235 Å². The predicted octanol–water partition coefficient (Wildman–Crippen LogP) is 16.3. The van der Waals surface area contributed by atoms with E-state index in [1.165, 1.54) is 0 Å². The minimum absolute atomic E-state index is 0.0871. The minimum atomic E-state index is -0.711. The van der Waals surface area contributed by atoms with E-state index in [1.54, 1.807) is 0 Å². The largest absolute Gasteiger partial charge is 0.455 e. The molecule has 0 N–H and O–H groups in total. The molecule has 0 aliphatic rings. The normalized spacial score (nSPS) is 14.4. The van der Waals surface area contributed by atoms with Gasteiger partial charge >= 0.3 is 0 Å². The van der Waals surface area contributed by atoms with E-state index < -0.39 is 78.2 Å². The van der Waals surface area contributed by atoms with Crippen molar-refractivity contribution in [3.63, 3.8) is 0 Å². The average Bonchev–Trinajstić information content (AvgIpc) is 4.00. The summed E-state index contributed by atoms with van der Waals surface area (Å²) >= 11 is 0. The Labute approximate surface area is 370 Å². The fraction of sp³-hybridized carbons (Fsp3) is 0. The molecular weight excluding hydrogens is 741 g/mol. The highest BCUT2D eigenvalue weighted by Gasteiger charge is 2.23. The van der Waals surface area contributed by atoms with Crippen LogP contribution in [0.3, 0.4) is 0 Å².